The summed E-state index contributed by atoms with van der Waals surface area (Å²) in [6, 6.07) is 7.60. The Labute approximate surface area is 144 Å². The van der Waals surface area contributed by atoms with Crippen LogP contribution in [-0.2, 0) is 9.53 Å². The first-order valence-corrected chi connectivity index (χ1v) is 8.55. The van der Waals surface area contributed by atoms with Gasteiger partial charge in [-0.15, -0.1) is 0 Å². The number of nitrogens with two attached hydrogens (primary N) is 1. The number of rotatable bonds is 4. The fourth-order valence-electron chi connectivity index (χ4n) is 3.11. The van der Waals surface area contributed by atoms with Gasteiger partial charge in [-0.1, -0.05) is 18.2 Å². The van der Waals surface area contributed by atoms with Crippen molar-refractivity contribution in [1.29, 1.82) is 0 Å². The summed E-state index contributed by atoms with van der Waals surface area (Å²) in [5.74, 6) is 0.279. The van der Waals surface area contributed by atoms with Gasteiger partial charge < -0.3 is 10.5 Å². The summed E-state index contributed by atoms with van der Waals surface area (Å²) in [6.07, 6.45) is 7.83. The fourth-order valence-corrected chi connectivity index (χ4v) is 3.11. The molecule has 1 aliphatic carbocycles. The lowest BCUT2D eigenvalue weighted by molar-refractivity contribution is -0.148. The van der Waals surface area contributed by atoms with E-state index in [1.807, 2.05) is 39.0 Å². The molecule has 130 valence electrons. The van der Waals surface area contributed by atoms with Crippen molar-refractivity contribution in [2.24, 2.45) is 11.7 Å². The monoisotopic (exact) mass is 329 g/mol. The van der Waals surface area contributed by atoms with Gasteiger partial charge in [0.1, 0.15) is 5.60 Å². The topological polar surface area (TPSA) is 69.4 Å². The second kappa shape index (κ2) is 7.65. The summed E-state index contributed by atoms with van der Waals surface area (Å²) >= 11 is 0. The number of hydrogen-bond donors (Lipinski definition) is 1. The highest BCUT2D eigenvalue weighted by Crippen LogP contribution is 2.36. The van der Waals surface area contributed by atoms with Crippen molar-refractivity contribution < 1.29 is 14.3 Å². The van der Waals surface area contributed by atoms with Gasteiger partial charge in [-0.25, -0.2) is 4.79 Å². The number of primary amides is 1. The Bertz CT molecular complexity index is 603. The summed E-state index contributed by atoms with van der Waals surface area (Å²) in [5.41, 5.74) is 6.63. The molecule has 0 spiro atoms. The van der Waals surface area contributed by atoms with Crippen LogP contribution in [0.3, 0.4) is 0 Å². The van der Waals surface area contributed by atoms with Crippen LogP contribution in [0.5, 0.6) is 0 Å². The van der Waals surface area contributed by atoms with Crippen molar-refractivity contribution in [3.05, 3.63) is 47.5 Å². The molecule has 0 heterocycles. The highest BCUT2D eigenvalue weighted by molar-refractivity contribution is 5.92. The summed E-state index contributed by atoms with van der Waals surface area (Å²) in [4.78, 5) is 22.8. The molecule has 1 saturated carbocycles. The molecule has 1 amide bonds. The highest BCUT2D eigenvalue weighted by Gasteiger charge is 2.21. The summed E-state index contributed by atoms with van der Waals surface area (Å²) in [7, 11) is 0. The molecule has 1 fully saturated rings. The maximum absolute atomic E-state index is 11.7. The lowest BCUT2D eigenvalue weighted by Crippen LogP contribution is -2.22. The first kappa shape index (κ1) is 18.2. The molecule has 0 aliphatic heterocycles. The number of carbonyl (C=O) groups is 2. The molecule has 0 aromatic heterocycles. The minimum atomic E-state index is -0.448. The molecule has 24 heavy (non-hydrogen) atoms. The largest absolute Gasteiger partial charge is 0.457 e. The number of allylic oxidation sites excluding steroid dienone is 1. The van der Waals surface area contributed by atoms with Crippen LogP contribution in [0.25, 0.3) is 0 Å². The van der Waals surface area contributed by atoms with Gasteiger partial charge in [0.05, 0.1) is 0 Å². The van der Waals surface area contributed by atoms with Gasteiger partial charge in [0.2, 0.25) is 5.91 Å². The number of carbonyl (C=O) groups excluding carboxylic acids is 2. The van der Waals surface area contributed by atoms with E-state index in [-0.39, 0.29) is 5.97 Å². The van der Waals surface area contributed by atoms with Gasteiger partial charge in [-0.3, -0.25) is 4.79 Å². The molecule has 1 aliphatic rings. The van der Waals surface area contributed by atoms with Crippen molar-refractivity contribution >= 4 is 11.9 Å². The standard InChI is InChI=1S/C20H27NO3/c1-20(2,3)24-18(22)13-6-14-4-7-15(8-5-14)16-9-11-17(12-10-16)19(21)23/h6,9-15H,4-5,7-8H2,1-3H3,(H2,21,23)/b13-6+. The molecule has 1 aromatic carbocycles. The molecule has 4 nitrogen and oxygen atoms in total. The minimum Gasteiger partial charge on any atom is -0.457 e. The zero-order valence-electron chi connectivity index (χ0n) is 14.7. The zero-order valence-corrected chi connectivity index (χ0v) is 14.7. The van der Waals surface area contributed by atoms with Crippen LogP contribution in [-0.4, -0.2) is 17.5 Å². The molecule has 2 N–H and O–H groups in total. The van der Waals surface area contributed by atoms with E-state index in [1.54, 1.807) is 18.2 Å². The molecule has 0 bridgehead atoms. The Hall–Kier alpha value is -2.10. The van der Waals surface area contributed by atoms with Crippen LogP contribution in [0.15, 0.2) is 36.4 Å². The van der Waals surface area contributed by atoms with Crippen molar-refractivity contribution in [3.63, 3.8) is 0 Å². The number of benzene rings is 1. The van der Waals surface area contributed by atoms with E-state index >= 15 is 0 Å². The molecule has 4 heteroatoms. The number of ether oxygens (including phenoxy) is 1. The van der Waals surface area contributed by atoms with Crippen molar-refractivity contribution in [2.45, 2.75) is 58.0 Å². The Morgan fingerprint density at radius 1 is 1.08 bits per heavy atom. The van der Waals surface area contributed by atoms with Crippen LogP contribution in [0.2, 0.25) is 0 Å². The first-order valence-electron chi connectivity index (χ1n) is 8.55. The average molecular weight is 329 g/mol. The number of esters is 1. The molecule has 0 unspecified atom stereocenters. The van der Waals surface area contributed by atoms with Crippen molar-refractivity contribution in [2.75, 3.05) is 0 Å². The second-order valence-corrected chi connectivity index (χ2v) is 7.49. The molecular formula is C20H27NO3. The van der Waals surface area contributed by atoms with E-state index in [4.69, 9.17) is 10.5 Å². The summed E-state index contributed by atoms with van der Waals surface area (Å²) < 4.78 is 5.29. The van der Waals surface area contributed by atoms with Crippen LogP contribution < -0.4 is 5.73 Å². The summed E-state index contributed by atoms with van der Waals surface area (Å²) in [5, 5.41) is 0. The van der Waals surface area contributed by atoms with E-state index < -0.39 is 11.5 Å². The van der Waals surface area contributed by atoms with E-state index in [9.17, 15) is 9.59 Å². The van der Waals surface area contributed by atoms with Gasteiger partial charge in [-0.05, 0) is 76.0 Å². The maximum Gasteiger partial charge on any atom is 0.330 e. The Kier molecular flexibility index (Phi) is 5.81. The highest BCUT2D eigenvalue weighted by atomic mass is 16.6. The van der Waals surface area contributed by atoms with Crippen LogP contribution in [0.4, 0.5) is 0 Å². The third-order valence-electron chi connectivity index (χ3n) is 4.35. The molecule has 0 saturated heterocycles. The Balaban J connectivity index is 1.85. The lowest BCUT2D eigenvalue weighted by Gasteiger charge is -2.27. The van der Waals surface area contributed by atoms with Crippen LogP contribution >= 0.6 is 0 Å². The van der Waals surface area contributed by atoms with Gasteiger partial charge in [0, 0.05) is 11.6 Å². The third-order valence-corrected chi connectivity index (χ3v) is 4.35. The lowest BCUT2D eigenvalue weighted by atomic mass is 9.78. The predicted molar refractivity (Wildman–Crippen MR) is 94.6 cm³/mol. The van der Waals surface area contributed by atoms with Gasteiger partial charge in [-0.2, -0.15) is 0 Å². The van der Waals surface area contributed by atoms with Gasteiger partial charge in [0.15, 0.2) is 0 Å². The van der Waals surface area contributed by atoms with Gasteiger partial charge >= 0.3 is 5.97 Å². The van der Waals surface area contributed by atoms with Crippen molar-refractivity contribution in [1.82, 2.24) is 0 Å². The normalized spacial score (nSPS) is 21.6. The Morgan fingerprint density at radius 3 is 2.17 bits per heavy atom. The van der Waals surface area contributed by atoms with Crippen LogP contribution in [0.1, 0.15) is 68.3 Å². The van der Waals surface area contributed by atoms with Gasteiger partial charge in [0.25, 0.3) is 0 Å². The van der Waals surface area contributed by atoms with E-state index in [0.717, 1.165) is 25.7 Å². The second-order valence-electron chi connectivity index (χ2n) is 7.49. The third kappa shape index (κ3) is 5.52. The SMILES string of the molecule is CC(C)(C)OC(=O)/C=C/C1CCC(c2ccc(C(N)=O)cc2)CC1. The number of amides is 1. The molecule has 0 radical (unpaired) electrons. The minimum absolute atomic E-state index is 0.272. The zero-order chi connectivity index (χ0) is 17.7. The molecule has 0 atom stereocenters. The molecule has 1 aromatic rings. The maximum atomic E-state index is 11.7. The fraction of sp³-hybridized carbons (Fsp3) is 0.500. The summed E-state index contributed by atoms with van der Waals surface area (Å²) in [6.45, 7) is 5.61. The number of hydrogen-bond acceptors (Lipinski definition) is 3. The van der Waals surface area contributed by atoms with Crippen LogP contribution in [0, 0.1) is 5.92 Å². The molecule has 2 rings (SSSR count). The van der Waals surface area contributed by atoms with E-state index in [2.05, 4.69) is 0 Å². The first-order chi connectivity index (χ1) is 11.2. The molecular weight excluding hydrogens is 302 g/mol. The quantitative estimate of drug-likeness (QED) is 0.671. The average Bonchev–Trinajstić information content (AvgIpc) is 2.52. The predicted octanol–water partition coefficient (Wildman–Crippen LogP) is 3.96. The van der Waals surface area contributed by atoms with E-state index in [1.165, 1.54) is 5.56 Å². The van der Waals surface area contributed by atoms with E-state index in [0.29, 0.717) is 17.4 Å². The van der Waals surface area contributed by atoms with Crippen molar-refractivity contribution in [3.8, 4) is 0 Å². The smallest absolute Gasteiger partial charge is 0.330 e. The Morgan fingerprint density at radius 2 is 1.67 bits per heavy atom.